The van der Waals surface area contributed by atoms with Gasteiger partial charge < -0.3 is 36.3 Å². The molecule has 2 aliphatic rings. The molecule has 0 aliphatic carbocycles. The zero-order valence-corrected chi connectivity index (χ0v) is 26.9. The minimum absolute atomic E-state index is 0.00871. The first-order valence-electron chi connectivity index (χ1n) is 16.1. The number of carboxylic acid groups (broad SMARTS) is 1. The number of para-hydroxylation sites is 1. The molecular formula is C33H46N6O7. The number of rotatable bonds is 9. The van der Waals surface area contributed by atoms with Crippen LogP contribution in [0.1, 0.15) is 71.8 Å². The lowest BCUT2D eigenvalue weighted by molar-refractivity contribution is -0.143. The fourth-order valence-electron chi connectivity index (χ4n) is 6.24. The van der Waals surface area contributed by atoms with E-state index in [9.17, 15) is 33.9 Å². The van der Waals surface area contributed by atoms with E-state index in [1.54, 1.807) is 20.0 Å². The molecule has 46 heavy (non-hydrogen) atoms. The van der Waals surface area contributed by atoms with Crippen LogP contribution >= 0.6 is 0 Å². The number of nitrogens with zero attached hydrogens (tertiary/aromatic N) is 1. The summed E-state index contributed by atoms with van der Waals surface area (Å²) in [5.74, 6) is -4.08. The summed E-state index contributed by atoms with van der Waals surface area (Å²) in [5, 5.41) is 21.4. The van der Waals surface area contributed by atoms with Crippen LogP contribution in [0, 0.1) is 11.8 Å². The second-order valence-electron chi connectivity index (χ2n) is 13.1. The normalized spacial score (nSPS) is 25.0. The van der Waals surface area contributed by atoms with E-state index in [-0.39, 0.29) is 50.5 Å². The number of hydrogen-bond donors (Lipinski definition) is 6. The van der Waals surface area contributed by atoms with Gasteiger partial charge in [0.15, 0.2) is 0 Å². The molecule has 13 heteroatoms. The zero-order chi connectivity index (χ0) is 33.5. The van der Waals surface area contributed by atoms with Crippen molar-refractivity contribution in [2.75, 3.05) is 6.54 Å². The van der Waals surface area contributed by atoms with Gasteiger partial charge in [-0.2, -0.15) is 0 Å². The van der Waals surface area contributed by atoms with Crippen LogP contribution in [0.2, 0.25) is 0 Å². The van der Waals surface area contributed by atoms with E-state index in [1.165, 1.54) is 4.90 Å². The first kappa shape index (κ1) is 34.5. The number of benzene rings is 1. The zero-order valence-electron chi connectivity index (χ0n) is 26.9. The van der Waals surface area contributed by atoms with Gasteiger partial charge in [0.1, 0.15) is 30.2 Å². The predicted octanol–water partition coefficient (Wildman–Crippen LogP) is 1.61. The predicted molar refractivity (Wildman–Crippen MR) is 170 cm³/mol. The number of carbonyl (C=O) groups excluding carboxylic acids is 5. The number of carboxylic acids is 1. The first-order valence-corrected chi connectivity index (χ1v) is 16.1. The van der Waals surface area contributed by atoms with Crippen LogP contribution < -0.4 is 21.3 Å². The van der Waals surface area contributed by atoms with Gasteiger partial charge in [0.05, 0.1) is 0 Å². The Hall–Kier alpha value is -4.42. The van der Waals surface area contributed by atoms with Crippen molar-refractivity contribution in [1.82, 2.24) is 31.2 Å². The smallest absolute Gasteiger partial charge is 0.303 e. The third-order valence-electron chi connectivity index (χ3n) is 8.66. The van der Waals surface area contributed by atoms with Crippen LogP contribution in [0.5, 0.6) is 0 Å². The van der Waals surface area contributed by atoms with Gasteiger partial charge in [0, 0.05) is 36.5 Å². The van der Waals surface area contributed by atoms with Crippen molar-refractivity contribution in [3.63, 3.8) is 0 Å². The molecule has 13 nitrogen and oxygen atoms in total. The summed E-state index contributed by atoms with van der Waals surface area (Å²) < 4.78 is 0. The van der Waals surface area contributed by atoms with E-state index in [2.05, 4.69) is 26.3 Å². The maximum Gasteiger partial charge on any atom is 0.303 e. The molecule has 2 aliphatic heterocycles. The van der Waals surface area contributed by atoms with Crippen LogP contribution in [0.25, 0.3) is 10.9 Å². The summed E-state index contributed by atoms with van der Waals surface area (Å²) >= 11 is 0. The highest BCUT2D eigenvalue weighted by molar-refractivity contribution is 5.98. The van der Waals surface area contributed by atoms with Crippen LogP contribution in [0.15, 0.2) is 30.5 Å². The van der Waals surface area contributed by atoms with Crippen molar-refractivity contribution < 1.29 is 33.9 Å². The molecule has 2 aromatic rings. The highest BCUT2D eigenvalue weighted by atomic mass is 16.4. The van der Waals surface area contributed by atoms with Gasteiger partial charge in [-0.1, -0.05) is 45.9 Å². The Morgan fingerprint density at radius 1 is 0.891 bits per heavy atom. The molecule has 5 amide bonds. The fraction of sp³-hybridized carbons (Fsp3) is 0.576. The summed E-state index contributed by atoms with van der Waals surface area (Å²) in [7, 11) is 0. The highest BCUT2D eigenvalue weighted by Crippen LogP contribution is 2.23. The molecule has 2 fully saturated rings. The van der Waals surface area contributed by atoms with Crippen molar-refractivity contribution in [2.24, 2.45) is 11.8 Å². The van der Waals surface area contributed by atoms with Gasteiger partial charge in [-0.05, 0) is 55.6 Å². The van der Waals surface area contributed by atoms with Gasteiger partial charge in [0.2, 0.25) is 29.5 Å². The lowest BCUT2D eigenvalue weighted by Crippen LogP contribution is -2.59. The summed E-state index contributed by atoms with van der Waals surface area (Å²) in [6.45, 7) is 7.66. The SMILES string of the molecule is CC(C)CC1NC(=O)C(C(C)C)NC(=O)C2CCCN2C(=O)C(CCCC(=O)O)NC(=O)C(Cc2c[nH]c3ccccc23)NC1=O. The van der Waals surface area contributed by atoms with Gasteiger partial charge in [-0.15, -0.1) is 0 Å². The van der Waals surface area contributed by atoms with Gasteiger partial charge in [0.25, 0.3) is 0 Å². The highest BCUT2D eigenvalue weighted by Gasteiger charge is 2.41. The minimum atomic E-state index is -1.13. The Balaban J connectivity index is 1.75. The number of aliphatic carboxylic acids is 1. The molecule has 1 aromatic heterocycles. The van der Waals surface area contributed by atoms with Crippen molar-refractivity contribution in [2.45, 2.75) is 103 Å². The molecule has 1 aromatic carbocycles. The van der Waals surface area contributed by atoms with Crippen LogP contribution in [-0.2, 0) is 35.2 Å². The van der Waals surface area contributed by atoms with E-state index >= 15 is 0 Å². The number of amides is 5. The number of aromatic amines is 1. The Kier molecular flexibility index (Phi) is 11.4. The van der Waals surface area contributed by atoms with Crippen molar-refractivity contribution in [1.29, 1.82) is 0 Å². The fourth-order valence-corrected chi connectivity index (χ4v) is 6.24. The summed E-state index contributed by atoms with van der Waals surface area (Å²) in [5.41, 5.74) is 1.62. The lowest BCUT2D eigenvalue weighted by atomic mass is 9.98. The molecule has 0 radical (unpaired) electrons. The quantitative estimate of drug-likeness (QED) is 0.240. The molecule has 0 bridgehead atoms. The lowest BCUT2D eigenvalue weighted by Gasteiger charge is -2.31. The molecule has 5 atom stereocenters. The molecule has 0 saturated carbocycles. The van der Waals surface area contributed by atoms with Crippen LogP contribution in [0.4, 0.5) is 0 Å². The molecular weight excluding hydrogens is 592 g/mol. The molecule has 3 heterocycles. The van der Waals surface area contributed by atoms with Crippen LogP contribution in [0.3, 0.4) is 0 Å². The molecule has 6 N–H and O–H groups in total. The Bertz CT molecular complexity index is 1450. The monoisotopic (exact) mass is 638 g/mol. The topological polar surface area (TPSA) is 190 Å². The average Bonchev–Trinajstić information content (AvgIpc) is 3.65. The average molecular weight is 639 g/mol. The number of hydrogen-bond acceptors (Lipinski definition) is 6. The minimum Gasteiger partial charge on any atom is -0.481 e. The molecule has 2 saturated heterocycles. The van der Waals surface area contributed by atoms with E-state index in [0.717, 1.165) is 16.5 Å². The Morgan fingerprint density at radius 2 is 1.57 bits per heavy atom. The molecule has 250 valence electrons. The summed E-state index contributed by atoms with van der Waals surface area (Å²) in [4.78, 5) is 84.8. The van der Waals surface area contributed by atoms with E-state index in [1.807, 2.05) is 38.1 Å². The number of H-pyrrole nitrogens is 1. The van der Waals surface area contributed by atoms with Gasteiger partial charge >= 0.3 is 5.97 Å². The number of nitrogens with one attached hydrogen (secondary N) is 5. The second kappa shape index (κ2) is 15.2. The second-order valence-corrected chi connectivity index (χ2v) is 13.1. The van der Waals surface area contributed by atoms with E-state index in [4.69, 9.17) is 0 Å². The largest absolute Gasteiger partial charge is 0.481 e. The Morgan fingerprint density at radius 3 is 2.26 bits per heavy atom. The van der Waals surface area contributed by atoms with Crippen LogP contribution in [-0.4, -0.2) is 87.2 Å². The Labute approximate surface area is 268 Å². The first-order chi connectivity index (χ1) is 21.8. The third-order valence-corrected chi connectivity index (χ3v) is 8.66. The summed E-state index contributed by atoms with van der Waals surface area (Å²) in [6.07, 6.45) is 2.99. The standard InChI is InChI=1S/C33H46N6O7/c1-18(2)15-24-29(42)36-25(16-20-17-34-22-10-6-5-9-21(20)22)30(43)35-23(11-7-13-27(40)41)33(46)39-14-8-12-26(39)31(44)38-28(19(3)4)32(45)37-24/h5-6,9-10,17-19,23-26,28,34H,7-8,11-16H2,1-4H3,(H,35,43)(H,36,42)(H,37,45)(H,38,44)(H,40,41). The van der Waals surface area contributed by atoms with Gasteiger partial charge in [-0.3, -0.25) is 28.8 Å². The van der Waals surface area contributed by atoms with Crippen molar-refractivity contribution in [3.05, 3.63) is 36.0 Å². The van der Waals surface area contributed by atoms with Crippen molar-refractivity contribution >= 4 is 46.4 Å². The van der Waals surface area contributed by atoms with E-state index in [0.29, 0.717) is 12.8 Å². The molecule has 5 unspecified atom stereocenters. The number of fused-ring (bicyclic) bond motifs is 2. The summed E-state index contributed by atoms with van der Waals surface area (Å²) in [6, 6.07) is 2.46. The maximum absolute atomic E-state index is 14.0. The van der Waals surface area contributed by atoms with Gasteiger partial charge in [-0.25, -0.2) is 0 Å². The number of carbonyl (C=O) groups is 6. The van der Waals surface area contributed by atoms with Crippen molar-refractivity contribution in [3.8, 4) is 0 Å². The molecule has 0 spiro atoms. The molecule has 4 rings (SSSR count). The van der Waals surface area contributed by atoms with E-state index < -0.39 is 65.7 Å². The maximum atomic E-state index is 14.0. The third kappa shape index (κ3) is 8.43. The number of aromatic nitrogens is 1.